The SMILES string of the molecule is CCn1c2ccc(CNC)cc2c2ccc(-c3cc(Br)cs3)cc21. The second kappa shape index (κ2) is 6.36. The molecular formula is C20H19BrN2S. The monoisotopic (exact) mass is 398 g/mol. The van der Waals surface area contributed by atoms with Crippen LogP contribution >= 0.6 is 27.3 Å². The van der Waals surface area contributed by atoms with Gasteiger partial charge in [-0.1, -0.05) is 18.2 Å². The number of nitrogens with one attached hydrogen (secondary N) is 1. The Labute approximate surface area is 154 Å². The molecule has 2 aromatic heterocycles. The van der Waals surface area contributed by atoms with Gasteiger partial charge >= 0.3 is 0 Å². The van der Waals surface area contributed by atoms with Crippen LogP contribution < -0.4 is 5.32 Å². The maximum Gasteiger partial charge on any atom is 0.0497 e. The van der Waals surface area contributed by atoms with E-state index in [1.54, 1.807) is 11.3 Å². The number of aromatic nitrogens is 1. The molecule has 24 heavy (non-hydrogen) atoms. The lowest BCUT2D eigenvalue weighted by Crippen LogP contribution is -2.04. The molecule has 0 spiro atoms. The first-order valence-corrected chi connectivity index (χ1v) is 9.82. The third kappa shape index (κ3) is 2.59. The Bertz CT molecular complexity index is 1030. The van der Waals surface area contributed by atoms with E-state index in [0.29, 0.717) is 0 Å². The molecule has 0 unspecified atom stereocenters. The van der Waals surface area contributed by atoms with Crippen molar-refractivity contribution in [3.8, 4) is 10.4 Å². The molecule has 0 atom stereocenters. The Morgan fingerprint density at radius 2 is 1.92 bits per heavy atom. The van der Waals surface area contributed by atoms with Crippen LogP contribution in [0.1, 0.15) is 12.5 Å². The lowest BCUT2D eigenvalue weighted by atomic mass is 10.1. The zero-order valence-electron chi connectivity index (χ0n) is 13.8. The minimum Gasteiger partial charge on any atom is -0.341 e. The van der Waals surface area contributed by atoms with Gasteiger partial charge in [0.05, 0.1) is 0 Å². The number of halogens is 1. The predicted molar refractivity (Wildman–Crippen MR) is 109 cm³/mol. The van der Waals surface area contributed by atoms with Gasteiger partial charge in [-0.2, -0.15) is 0 Å². The maximum atomic E-state index is 3.56. The van der Waals surface area contributed by atoms with Crippen LogP contribution in [-0.4, -0.2) is 11.6 Å². The summed E-state index contributed by atoms with van der Waals surface area (Å²) in [7, 11) is 1.99. The first-order chi connectivity index (χ1) is 11.7. The van der Waals surface area contributed by atoms with Gasteiger partial charge in [0.25, 0.3) is 0 Å². The van der Waals surface area contributed by atoms with E-state index in [2.05, 4.69) is 80.6 Å². The summed E-state index contributed by atoms with van der Waals surface area (Å²) in [6.07, 6.45) is 0. The number of aryl methyl sites for hydroxylation is 1. The third-order valence-electron chi connectivity index (χ3n) is 4.48. The predicted octanol–water partition coefficient (Wildman–Crippen LogP) is 6.02. The molecule has 0 aliphatic heterocycles. The van der Waals surface area contributed by atoms with Crippen LogP contribution in [0.25, 0.3) is 32.2 Å². The summed E-state index contributed by atoms with van der Waals surface area (Å²) < 4.78 is 3.57. The van der Waals surface area contributed by atoms with Gasteiger partial charge in [-0.05, 0) is 65.3 Å². The lowest BCUT2D eigenvalue weighted by Gasteiger charge is -2.05. The number of hydrogen-bond acceptors (Lipinski definition) is 2. The molecule has 122 valence electrons. The Kier molecular flexibility index (Phi) is 4.21. The molecule has 0 saturated heterocycles. The Balaban J connectivity index is 1.97. The molecule has 2 aromatic carbocycles. The van der Waals surface area contributed by atoms with E-state index < -0.39 is 0 Å². The van der Waals surface area contributed by atoms with Gasteiger partial charge in [0.15, 0.2) is 0 Å². The molecule has 4 aromatic rings. The van der Waals surface area contributed by atoms with Crippen LogP contribution in [0.15, 0.2) is 52.3 Å². The van der Waals surface area contributed by atoms with E-state index in [-0.39, 0.29) is 0 Å². The smallest absolute Gasteiger partial charge is 0.0497 e. The van der Waals surface area contributed by atoms with E-state index in [1.807, 2.05) is 7.05 Å². The first-order valence-electron chi connectivity index (χ1n) is 8.15. The fraction of sp³-hybridized carbons (Fsp3) is 0.200. The van der Waals surface area contributed by atoms with Gasteiger partial charge in [0.2, 0.25) is 0 Å². The van der Waals surface area contributed by atoms with Crippen molar-refractivity contribution in [2.24, 2.45) is 0 Å². The van der Waals surface area contributed by atoms with Gasteiger partial charge < -0.3 is 9.88 Å². The molecule has 1 N–H and O–H groups in total. The Hall–Kier alpha value is -1.62. The van der Waals surface area contributed by atoms with Gasteiger partial charge in [-0.15, -0.1) is 11.3 Å². The van der Waals surface area contributed by atoms with E-state index >= 15 is 0 Å². The fourth-order valence-corrected chi connectivity index (χ4v) is 4.85. The molecule has 0 bridgehead atoms. The molecule has 4 rings (SSSR count). The van der Waals surface area contributed by atoms with Crippen molar-refractivity contribution in [1.29, 1.82) is 0 Å². The lowest BCUT2D eigenvalue weighted by molar-refractivity contribution is 0.815. The zero-order valence-corrected chi connectivity index (χ0v) is 16.2. The molecule has 4 heteroatoms. The second-order valence-corrected chi connectivity index (χ2v) is 7.81. The number of benzene rings is 2. The average Bonchev–Trinajstić information content (AvgIpc) is 3.15. The standard InChI is InChI=1S/C20H19BrN2S/c1-3-23-18-7-4-13(11-22-2)8-17(18)16-6-5-14(9-19(16)23)20-10-15(21)12-24-20/h4-10,12,22H,3,11H2,1-2H3. The highest BCUT2D eigenvalue weighted by Crippen LogP contribution is 2.35. The van der Waals surface area contributed by atoms with Gasteiger partial charge in [0, 0.05) is 49.6 Å². The van der Waals surface area contributed by atoms with E-state index in [9.17, 15) is 0 Å². The topological polar surface area (TPSA) is 17.0 Å². The number of nitrogens with zero attached hydrogens (tertiary/aromatic N) is 1. The summed E-state index contributed by atoms with van der Waals surface area (Å²) in [5.41, 5.74) is 5.24. The van der Waals surface area contributed by atoms with Crippen LogP contribution in [0.2, 0.25) is 0 Å². The first kappa shape index (κ1) is 15.9. The molecule has 0 fully saturated rings. The quantitative estimate of drug-likeness (QED) is 0.444. The molecule has 2 heterocycles. The summed E-state index contributed by atoms with van der Waals surface area (Å²) in [6.45, 7) is 4.09. The molecule has 0 aliphatic rings. The van der Waals surface area contributed by atoms with Crippen molar-refractivity contribution in [2.75, 3.05) is 7.05 Å². The molecule has 0 aliphatic carbocycles. The van der Waals surface area contributed by atoms with Crippen molar-refractivity contribution in [3.63, 3.8) is 0 Å². The second-order valence-electron chi connectivity index (χ2n) is 5.99. The fourth-order valence-electron chi connectivity index (χ4n) is 3.42. The molecule has 2 nitrogen and oxygen atoms in total. The molecular weight excluding hydrogens is 380 g/mol. The Morgan fingerprint density at radius 1 is 1.04 bits per heavy atom. The normalized spacial score (nSPS) is 11.6. The minimum atomic E-state index is 0.899. The van der Waals surface area contributed by atoms with Crippen molar-refractivity contribution in [3.05, 3.63) is 57.9 Å². The van der Waals surface area contributed by atoms with Crippen LogP contribution in [0.4, 0.5) is 0 Å². The van der Waals surface area contributed by atoms with E-state index in [4.69, 9.17) is 0 Å². The number of fused-ring (bicyclic) bond motifs is 3. The van der Waals surface area contributed by atoms with Crippen molar-refractivity contribution in [1.82, 2.24) is 9.88 Å². The number of hydrogen-bond donors (Lipinski definition) is 1. The van der Waals surface area contributed by atoms with Crippen LogP contribution in [0.3, 0.4) is 0 Å². The maximum absolute atomic E-state index is 3.56. The number of thiophene rings is 1. The van der Waals surface area contributed by atoms with E-state index in [0.717, 1.165) is 17.6 Å². The highest BCUT2D eigenvalue weighted by molar-refractivity contribution is 9.10. The highest BCUT2D eigenvalue weighted by atomic mass is 79.9. The largest absolute Gasteiger partial charge is 0.341 e. The van der Waals surface area contributed by atoms with Crippen molar-refractivity contribution in [2.45, 2.75) is 20.0 Å². The van der Waals surface area contributed by atoms with Gasteiger partial charge in [-0.25, -0.2) is 0 Å². The summed E-state index contributed by atoms with van der Waals surface area (Å²) in [5, 5.41) is 8.06. The van der Waals surface area contributed by atoms with Gasteiger partial charge in [0.1, 0.15) is 0 Å². The summed E-state index contributed by atoms with van der Waals surface area (Å²) in [4.78, 5) is 1.30. The molecule has 0 radical (unpaired) electrons. The summed E-state index contributed by atoms with van der Waals surface area (Å²) in [5.74, 6) is 0. The van der Waals surface area contributed by atoms with Crippen molar-refractivity contribution >= 4 is 49.1 Å². The van der Waals surface area contributed by atoms with Crippen molar-refractivity contribution < 1.29 is 0 Å². The molecule has 0 saturated carbocycles. The van der Waals surface area contributed by atoms with Gasteiger partial charge in [-0.3, -0.25) is 0 Å². The summed E-state index contributed by atoms with van der Waals surface area (Å²) in [6, 6.07) is 15.8. The van der Waals surface area contributed by atoms with E-state index in [1.165, 1.54) is 37.8 Å². The highest BCUT2D eigenvalue weighted by Gasteiger charge is 2.12. The van der Waals surface area contributed by atoms with Crippen LogP contribution in [-0.2, 0) is 13.1 Å². The zero-order chi connectivity index (χ0) is 16.7. The van der Waals surface area contributed by atoms with Crippen LogP contribution in [0, 0.1) is 0 Å². The third-order valence-corrected chi connectivity index (χ3v) is 6.22. The molecule has 0 amide bonds. The minimum absolute atomic E-state index is 0.899. The summed E-state index contributed by atoms with van der Waals surface area (Å²) >= 11 is 5.33. The number of rotatable bonds is 4. The average molecular weight is 399 g/mol. The van der Waals surface area contributed by atoms with Crippen LogP contribution in [0.5, 0.6) is 0 Å². The Morgan fingerprint density at radius 3 is 2.62 bits per heavy atom.